The molecule has 0 aliphatic heterocycles. The highest BCUT2D eigenvalue weighted by atomic mass is 19.1. The predicted octanol–water partition coefficient (Wildman–Crippen LogP) is 2.95. The number of hydrogen-bond acceptors (Lipinski definition) is 1. The smallest absolute Gasteiger partial charge is 0.147 e. The number of para-hydroxylation sites is 1. The van der Waals surface area contributed by atoms with Crippen molar-refractivity contribution < 1.29 is 9.13 Å². The normalized spacial score (nSPS) is 11.1. The molecule has 1 heterocycles. The number of benzene rings is 1. The second-order valence-corrected chi connectivity index (χ2v) is 3.49. The molecule has 0 amide bonds. The van der Waals surface area contributed by atoms with Gasteiger partial charge >= 0.3 is 0 Å². The number of nitrogens with zero attached hydrogens (tertiary/aromatic N) is 1. The van der Waals surface area contributed by atoms with Gasteiger partial charge in [-0.15, -0.1) is 0 Å². The van der Waals surface area contributed by atoms with Crippen molar-refractivity contribution in [2.75, 3.05) is 7.11 Å². The highest BCUT2D eigenvalue weighted by Crippen LogP contribution is 2.23. The number of rotatable bonds is 3. The van der Waals surface area contributed by atoms with Gasteiger partial charge in [-0.05, 0) is 19.1 Å². The van der Waals surface area contributed by atoms with E-state index in [9.17, 15) is 4.39 Å². The maximum absolute atomic E-state index is 13.6. The van der Waals surface area contributed by atoms with Crippen LogP contribution in [0.5, 0.6) is 0 Å². The van der Waals surface area contributed by atoms with Crippen LogP contribution in [-0.2, 0) is 17.9 Å². The molecule has 0 saturated heterocycles. The minimum Gasteiger partial charge on any atom is -0.378 e. The zero-order valence-corrected chi connectivity index (χ0v) is 8.96. The maximum atomic E-state index is 13.6. The molecule has 0 atom stereocenters. The Morgan fingerprint density at radius 3 is 2.87 bits per heavy atom. The van der Waals surface area contributed by atoms with Crippen LogP contribution in [0.3, 0.4) is 0 Å². The molecule has 0 bridgehead atoms. The number of halogens is 1. The Morgan fingerprint density at radius 1 is 1.40 bits per heavy atom. The Balaban J connectivity index is 2.68. The van der Waals surface area contributed by atoms with Crippen molar-refractivity contribution in [3.63, 3.8) is 0 Å². The van der Waals surface area contributed by atoms with Crippen LogP contribution in [-0.4, -0.2) is 11.7 Å². The van der Waals surface area contributed by atoms with Gasteiger partial charge < -0.3 is 9.30 Å². The fourth-order valence-electron chi connectivity index (χ4n) is 1.96. The summed E-state index contributed by atoms with van der Waals surface area (Å²) in [6.07, 6.45) is 0. The summed E-state index contributed by atoms with van der Waals surface area (Å²) in [5.41, 5.74) is 1.69. The second kappa shape index (κ2) is 4.03. The maximum Gasteiger partial charge on any atom is 0.147 e. The van der Waals surface area contributed by atoms with Gasteiger partial charge in [-0.1, -0.05) is 12.1 Å². The Hall–Kier alpha value is -1.35. The highest BCUT2D eigenvalue weighted by molar-refractivity contribution is 5.81. The van der Waals surface area contributed by atoms with Crippen molar-refractivity contribution in [3.8, 4) is 0 Å². The third-order valence-corrected chi connectivity index (χ3v) is 2.57. The first-order valence-electron chi connectivity index (χ1n) is 5.03. The van der Waals surface area contributed by atoms with Crippen LogP contribution in [0.1, 0.15) is 12.6 Å². The largest absolute Gasteiger partial charge is 0.378 e. The van der Waals surface area contributed by atoms with Crippen LogP contribution in [0.2, 0.25) is 0 Å². The number of fused-ring (bicyclic) bond motifs is 1. The summed E-state index contributed by atoms with van der Waals surface area (Å²) >= 11 is 0. The van der Waals surface area contributed by atoms with Gasteiger partial charge in [0.1, 0.15) is 5.82 Å². The molecular formula is C12H14FNO. The quantitative estimate of drug-likeness (QED) is 0.754. The highest BCUT2D eigenvalue weighted by Gasteiger charge is 2.10. The van der Waals surface area contributed by atoms with Crippen LogP contribution in [0, 0.1) is 5.82 Å². The Kier molecular flexibility index (Phi) is 2.73. The van der Waals surface area contributed by atoms with E-state index in [0.29, 0.717) is 12.1 Å². The van der Waals surface area contributed by atoms with Crippen molar-refractivity contribution in [1.82, 2.24) is 4.57 Å². The van der Waals surface area contributed by atoms with E-state index >= 15 is 0 Å². The first-order valence-corrected chi connectivity index (χ1v) is 5.03. The molecule has 0 spiro atoms. The van der Waals surface area contributed by atoms with Gasteiger partial charge in [-0.3, -0.25) is 0 Å². The van der Waals surface area contributed by atoms with E-state index in [2.05, 4.69) is 0 Å². The lowest BCUT2D eigenvalue weighted by Gasteiger charge is -2.07. The molecule has 15 heavy (non-hydrogen) atoms. The van der Waals surface area contributed by atoms with E-state index < -0.39 is 0 Å². The topological polar surface area (TPSA) is 14.2 Å². The number of aromatic nitrogens is 1. The summed E-state index contributed by atoms with van der Waals surface area (Å²) in [7, 11) is 1.65. The lowest BCUT2D eigenvalue weighted by atomic mass is 10.2. The van der Waals surface area contributed by atoms with Gasteiger partial charge in [-0.2, -0.15) is 0 Å². The van der Waals surface area contributed by atoms with E-state index in [-0.39, 0.29) is 5.82 Å². The van der Waals surface area contributed by atoms with Gasteiger partial charge in [0.25, 0.3) is 0 Å². The first kappa shape index (κ1) is 10.2. The average Bonchev–Trinajstić information content (AvgIpc) is 2.57. The van der Waals surface area contributed by atoms with E-state index in [0.717, 1.165) is 17.6 Å². The number of ether oxygens (including phenoxy) is 1. The summed E-state index contributed by atoms with van der Waals surface area (Å²) in [6.45, 7) is 3.27. The Bertz CT molecular complexity index is 476. The fraction of sp³-hybridized carbons (Fsp3) is 0.333. The van der Waals surface area contributed by atoms with Crippen LogP contribution in [0.25, 0.3) is 10.9 Å². The molecule has 0 aliphatic carbocycles. The van der Waals surface area contributed by atoms with Gasteiger partial charge in [-0.25, -0.2) is 4.39 Å². The minimum absolute atomic E-state index is 0.170. The van der Waals surface area contributed by atoms with E-state index in [1.54, 1.807) is 13.2 Å². The minimum atomic E-state index is -0.170. The van der Waals surface area contributed by atoms with Gasteiger partial charge in [0.2, 0.25) is 0 Å². The average molecular weight is 207 g/mol. The summed E-state index contributed by atoms with van der Waals surface area (Å²) in [5, 5.41) is 0.934. The molecule has 2 rings (SSSR count). The van der Waals surface area contributed by atoms with E-state index in [1.807, 2.05) is 23.6 Å². The molecule has 3 heteroatoms. The Labute approximate surface area is 88.3 Å². The van der Waals surface area contributed by atoms with Crippen LogP contribution < -0.4 is 0 Å². The molecule has 80 valence electrons. The monoisotopic (exact) mass is 207 g/mol. The van der Waals surface area contributed by atoms with E-state index in [1.165, 1.54) is 6.07 Å². The zero-order chi connectivity index (χ0) is 10.8. The van der Waals surface area contributed by atoms with Crippen LogP contribution >= 0.6 is 0 Å². The van der Waals surface area contributed by atoms with Crippen molar-refractivity contribution in [3.05, 3.63) is 35.8 Å². The first-order chi connectivity index (χ1) is 7.27. The molecule has 1 aromatic heterocycles. The lowest BCUT2D eigenvalue weighted by Crippen LogP contribution is -2.02. The van der Waals surface area contributed by atoms with Crippen molar-refractivity contribution in [1.29, 1.82) is 0 Å². The molecule has 0 unspecified atom stereocenters. The molecule has 1 aromatic carbocycles. The third kappa shape index (κ3) is 1.63. The summed E-state index contributed by atoms with van der Waals surface area (Å²) in [6, 6.07) is 7.12. The van der Waals surface area contributed by atoms with Crippen LogP contribution in [0.4, 0.5) is 4.39 Å². The van der Waals surface area contributed by atoms with Crippen molar-refractivity contribution >= 4 is 10.9 Å². The molecule has 0 aliphatic rings. The summed E-state index contributed by atoms with van der Waals surface area (Å²) in [4.78, 5) is 0. The fourth-order valence-corrected chi connectivity index (χ4v) is 1.96. The molecule has 0 saturated carbocycles. The molecule has 0 radical (unpaired) electrons. The third-order valence-electron chi connectivity index (χ3n) is 2.57. The van der Waals surface area contributed by atoms with Crippen molar-refractivity contribution in [2.24, 2.45) is 0 Å². The molecule has 2 aromatic rings. The SMILES string of the molecule is CCn1c(COC)cc2cccc(F)c21. The van der Waals surface area contributed by atoms with Gasteiger partial charge in [0.05, 0.1) is 12.1 Å². The standard InChI is InChI=1S/C12H14FNO/c1-3-14-10(8-15-2)7-9-5-4-6-11(13)12(9)14/h4-7H,3,8H2,1-2H3. The molecule has 0 N–H and O–H groups in total. The van der Waals surface area contributed by atoms with Gasteiger partial charge in [0.15, 0.2) is 0 Å². The Morgan fingerprint density at radius 2 is 2.20 bits per heavy atom. The predicted molar refractivity (Wildman–Crippen MR) is 58.3 cm³/mol. The number of methoxy groups -OCH3 is 1. The number of hydrogen-bond donors (Lipinski definition) is 0. The molecule has 0 fully saturated rings. The summed E-state index contributed by atoms with van der Waals surface area (Å²) in [5.74, 6) is -0.170. The second-order valence-electron chi connectivity index (χ2n) is 3.49. The van der Waals surface area contributed by atoms with E-state index in [4.69, 9.17) is 4.74 Å². The molecular weight excluding hydrogens is 193 g/mol. The van der Waals surface area contributed by atoms with Crippen molar-refractivity contribution in [2.45, 2.75) is 20.1 Å². The van der Waals surface area contributed by atoms with Gasteiger partial charge in [0, 0.05) is 24.7 Å². The summed E-state index contributed by atoms with van der Waals surface area (Å²) < 4.78 is 20.7. The number of aryl methyl sites for hydroxylation is 1. The lowest BCUT2D eigenvalue weighted by molar-refractivity contribution is 0.178. The van der Waals surface area contributed by atoms with Crippen LogP contribution in [0.15, 0.2) is 24.3 Å². The molecule has 2 nitrogen and oxygen atoms in total. The zero-order valence-electron chi connectivity index (χ0n) is 8.96.